The van der Waals surface area contributed by atoms with Crippen molar-refractivity contribution in [2.24, 2.45) is 5.10 Å². The molecule has 0 aliphatic carbocycles. The maximum atomic E-state index is 13.5. The zero-order valence-electron chi connectivity index (χ0n) is 19.4. The Bertz CT molecular complexity index is 1320. The number of hydrazone groups is 1. The van der Waals surface area contributed by atoms with Gasteiger partial charge in [0.05, 0.1) is 18.2 Å². The van der Waals surface area contributed by atoms with Crippen molar-refractivity contribution in [2.75, 3.05) is 23.7 Å². The molecular formula is C25H25FN4O5S. The van der Waals surface area contributed by atoms with E-state index in [4.69, 9.17) is 4.74 Å². The third-order valence-corrected chi connectivity index (χ3v) is 5.91. The first-order chi connectivity index (χ1) is 17.2. The molecule has 2 amide bonds. The largest absolute Gasteiger partial charge is 0.484 e. The lowest BCUT2D eigenvalue weighted by Gasteiger charge is -2.21. The number of nitrogens with zero attached hydrogens (tertiary/aromatic N) is 2. The molecule has 0 bridgehead atoms. The molecule has 0 unspecified atom stereocenters. The first kappa shape index (κ1) is 26.4. The van der Waals surface area contributed by atoms with Gasteiger partial charge in [0, 0.05) is 6.54 Å². The molecule has 0 heterocycles. The predicted molar refractivity (Wildman–Crippen MR) is 135 cm³/mol. The Morgan fingerprint density at radius 3 is 2.39 bits per heavy atom. The minimum absolute atomic E-state index is 0.0287. The number of halogens is 1. The summed E-state index contributed by atoms with van der Waals surface area (Å²) in [4.78, 5) is 24.2. The van der Waals surface area contributed by atoms with E-state index in [-0.39, 0.29) is 18.2 Å². The van der Waals surface area contributed by atoms with E-state index < -0.39 is 28.3 Å². The van der Waals surface area contributed by atoms with Crippen LogP contribution in [0.25, 0.3) is 0 Å². The van der Waals surface area contributed by atoms with Gasteiger partial charge >= 0.3 is 0 Å². The molecule has 3 aromatic carbocycles. The maximum absolute atomic E-state index is 13.5. The molecule has 0 saturated carbocycles. The Morgan fingerprint density at radius 2 is 1.72 bits per heavy atom. The lowest BCUT2D eigenvalue weighted by Crippen LogP contribution is -2.39. The van der Waals surface area contributed by atoms with E-state index in [1.54, 1.807) is 24.3 Å². The number of amides is 2. The number of nitrogens with one attached hydrogen (secondary N) is 2. The number of anilines is 1. The van der Waals surface area contributed by atoms with Crippen LogP contribution in [-0.4, -0.2) is 45.9 Å². The summed E-state index contributed by atoms with van der Waals surface area (Å²) >= 11 is 0. The Kier molecular flexibility index (Phi) is 9.12. The zero-order chi connectivity index (χ0) is 26.0. The maximum Gasteiger partial charge on any atom is 0.260 e. The minimum atomic E-state index is -3.83. The van der Waals surface area contributed by atoms with Gasteiger partial charge in [0.15, 0.2) is 6.61 Å². The second kappa shape index (κ2) is 12.5. The van der Waals surface area contributed by atoms with Gasteiger partial charge in [-0.15, -0.1) is 0 Å². The molecule has 9 nitrogen and oxygen atoms in total. The van der Waals surface area contributed by atoms with E-state index in [9.17, 15) is 22.4 Å². The van der Waals surface area contributed by atoms with Gasteiger partial charge in [0.25, 0.3) is 11.8 Å². The molecule has 3 aromatic rings. The normalized spacial score (nSPS) is 11.2. The van der Waals surface area contributed by atoms with Crippen LogP contribution < -0.4 is 19.8 Å². The standard InChI is InChI=1S/C25H25FN4O5S/c1-36(33,34)30(22-9-5-8-21(26)14-22)17-24(31)29-28-16-20-10-12-23(13-11-20)35-18-25(32)27-15-19-6-3-2-4-7-19/h2-14,16H,15,17-18H2,1H3,(H,27,32)(H,29,31)/b28-16-. The van der Waals surface area contributed by atoms with Crippen LogP contribution in [0.1, 0.15) is 11.1 Å². The number of rotatable bonds is 11. The topological polar surface area (TPSA) is 117 Å². The van der Waals surface area contributed by atoms with Gasteiger partial charge in [-0.25, -0.2) is 18.2 Å². The summed E-state index contributed by atoms with van der Waals surface area (Å²) in [6.07, 6.45) is 2.28. The number of benzene rings is 3. The molecule has 3 rings (SSSR count). The highest BCUT2D eigenvalue weighted by Gasteiger charge is 2.21. The lowest BCUT2D eigenvalue weighted by atomic mass is 10.2. The molecule has 2 N–H and O–H groups in total. The van der Waals surface area contributed by atoms with Gasteiger partial charge in [-0.05, 0) is 53.6 Å². The summed E-state index contributed by atoms with van der Waals surface area (Å²) in [7, 11) is -3.83. The molecule has 0 aromatic heterocycles. The van der Waals surface area contributed by atoms with Crippen LogP contribution in [0.3, 0.4) is 0 Å². The van der Waals surface area contributed by atoms with Crippen LogP contribution in [0.15, 0.2) is 84.0 Å². The van der Waals surface area contributed by atoms with Crippen LogP contribution in [0, 0.1) is 5.82 Å². The molecule has 188 valence electrons. The van der Waals surface area contributed by atoms with Gasteiger partial charge in [-0.1, -0.05) is 36.4 Å². The molecule has 11 heteroatoms. The van der Waals surface area contributed by atoms with E-state index >= 15 is 0 Å². The van der Waals surface area contributed by atoms with Crippen molar-refractivity contribution < 1.29 is 27.1 Å². The summed E-state index contributed by atoms with van der Waals surface area (Å²) in [5, 5.41) is 6.59. The third kappa shape index (κ3) is 8.51. The van der Waals surface area contributed by atoms with Gasteiger partial charge in [0.1, 0.15) is 18.1 Å². The van der Waals surface area contributed by atoms with Crippen LogP contribution in [0.2, 0.25) is 0 Å². The fourth-order valence-corrected chi connectivity index (χ4v) is 3.87. The Morgan fingerprint density at radius 1 is 1.00 bits per heavy atom. The highest BCUT2D eigenvalue weighted by Crippen LogP contribution is 2.18. The molecule has 0 saturated heterocycles. The monoisotopic (exact) mass is 512 g/mol. The van der Waals surface area contributed by atoms with Crippen molar-refractivity contribution in [3.63, 3.8) is 0 Å². The first-order valence-corrected chi connectivity index (χ1v) is 12.6. The summed E-state index contributed by atoms with van der Waals surface area (Å²) in [6, 6.07) is 21.1. The smallest absolute Gasteiger partial charge is 0.260 e. The van der Waals surface area contributed by atoms with Crippen LogP contribution in [0.4, 0.5) is 10.1 Å². The SMILES string of the molecule is CS(=O)(=O)N(CC(=O)N/N=C\c1ccc(OCC(=O)NCc2ccccc2)cc1)c1cccc(F)c1. The molecule has 0 aliphatic heterocycles. The Labute approximate surface area is 208 Å². The quantitative estimate of drug-likeness (QED) is 0.302. The van der Waals surface area contributed by atoms with E-state index in [1.807, 2.05) is 30.3 Å². The van der Waals surface area contributed by atoms with Gasteiger partial charge < -0.3 is 10.1 Å². The van der Waals surface area contributed by atoms with Crippen molar-refractivity contribution in [3.05, 3.63) is 95.8 Å². The van der Waals surface area contributed by atoms with Gasteiger partial charge in [0.2, 0.25) is 10.0 Å². The van der Waals surface area contributed by atoms with Gasteiger partial charge in [-0.3, -0.25) is 13.9 Å². The molecular weight excluding hydrogens is 487 g/mol. The number of carbonyl (C=O) groups is 2. The van der Waals surface area contributed by atoms with Gasteiger partial charge in [-0.2, -0.15) is 5.10 Å². The molecule has 0 spiro atoms. The highest BCUT2D eigenvalue weighted by molar-refractivity contribution is 7.92. The average Bonchev–Trinajstić information content (AvgIpc) is 2.85. The van der Waals surface area contributed by atoms with Crippen molar-refractivity contribution in [2.45, 2.75) is 6.54 Å². The van der Waals surface area contributed by atoms with Crippen molar-refractivity contribution in [3.8, 4) is 5.75 Å². The summed E-state index contributed by atoms with van der Waals surface area (Å²) in [5.41, 5.74) is 3.89. The van der Waals surface area contributed by atoms with Crippen molar-refractivity contribution >= 4 is 33.7 Å². The fourth-order valence-electron chi connectivity index (χ4n) is 3.02. The Balaban J connectivity index is 1.46. The molecule has 36 heavy (non-hydrogen) atoms. The highest BCUT2D eigenvalue weighted by atomic mass is 32.2. The van der Waals surface area contributed by atoms with Crippen molar-refractivity contribution in [1.29, 1.82) is 0 Å². The summed E-state index contributed by atoms with van der Waals surface area (Å²) in [5.74, 6) is -1.11. The lowest BCUT2D eigenvalue weighted by molar-refractivity contribution is -0.123. The van der Waals surface area contributed by atoms with Crippen LogP contribution in [0.5, 0.6) is 5.75 Å². The molecule has 0 radical (unpaired) electrons. The number of sulfonamides is 1. The average molecular weight is 513 g/mol. The predicted octanol–water partition coefficient (Wildman–Crippen LogP) is 2.44. The van der Waals surface area contributed by atoms with E-state index in [1.165, 1.54) is 24.4 Å². The number of hydrogen-bond donors (Lipinski definition) is 2. The Hall–Kier alpha value is -4.25. The van der Waals surface area contributed by atoms with Crippen molar-refractivity contribution in [1.82, 2.24) is 10.7 Å². The zero-order valence-corrected chi connectivity index (χ0v) is 20.2. The first-order valence-electron chi connectivity index (χ1n) is 10.8. The van der Waals surface area contributed by atoms with E-state index in [0.717, 1.165) is 22.2 Å². The summed E-state index contributed by atoms with van der Waals surface area (Å²) < 4.78 is 43.8. The molecule has 0 aliphatic rings. The van der Waals surface area contributed by atoms with Crippen LogP contribution >= 0.6 is 0 Å². The second-order valence-corrected chi connectivity index (χ2v) is 9.57. The molecule has 0 fully saturated rings. The van der Waals surface area contributed by atoms with Crippen LogP contribution in [-0.2, 0) is 26.2 Å². The number of hydrogen-bond acceptors (Lipinski definition) is 6. The fraction of sp³-hybridized carbons (Fsp3) is 0.160. The minimum Gasteiger partial charge on any atom is -0.484 e. The second-order valence-electron chi connectivity index (χ2n) is 7.66. The number of ether oxygens (including phenoxy) is 1. The van der Waals surface area contributed by atoms with E-state index in [2.05, 4.69) is 15.8 Å². The molecule has 0 atom stereocenters. The summed E-state index contributed by atoms with van der Waals surface area (Å²) in [6.45, 7) is -0.300. The number of carbonyl (C=O) groups excluding carboxylic acids is 2. The third-order valence-electron chi connectivity index (χ3n) is 4.77. The van der Waals surface area contributed by atoms with E-state index in [0.29, 0.717) is 17.9 Å².